The molecular weight excluding hydrogens is 218 g/mol. The number of thioether (sulfide) groups is 1. The van der Waals surface area contributed by atoms with Crippen molar-refractivity contribution in [3.8, 4) is 0 Å². The number of nitrogens with zero attached hydrogens (tertiary/aromatic N) is 1. The summed E-state index contributed by atoms with van der Waals surface area (Å²) in [4.78, 5) is 14.1. The van der Waals surface area contributed by atoms with Crippen LogP contribution < -0.4 is 0 Å². The summed E-state index contributed by atoms with van der Waals surface area (Å²) in [7, 11) is 0. The SMILES string of the molecule is O=C(C1CCSC1)N1CCCC1CCl. The molecule has 2 heterocycles. The molecule has 2 saturated heterocycles. The van der Waals surface area contributed by atoms with E-state index in [0.29, 0.717) is 17.8 Å². The highest BCUT2D eigenvalue weighted by Crippen LogP contribution is 2.28. The first-order valence-corrected chi connectivity index (χ1v) is 6.96. The predicted octanol–water partition coefficient (Wildman–Crippen LogP) is 1.97. The van der Waals surface area contributed by atoms with Gasteiger partial charge in [-0.3, -0.25) is 4.79 Å². The molecule has 0 aromatic rings. The second-order valence-electron chi connectivity index (χ2n) is 4.04. The first kappa shape index (κ1) is 10.6. The van der Waals surface area contributed by atoms with Crippen molar-refractivity contribution in [1.29, 1.82) is 0 Å². The Labute approximate surface area is 94.4 Å². The molecule has 0 aliphatic carbocycles. The highest BCUT2D eigenvalue weighted by atomic mass is 35.5. The van der Waals surface area contributed by atoms with Crippen molar-refractivity contribution in [2.24, 2.45) is 5.92 Å². The summed E-state index contributed by atoms with van der Waals surface area (Å²) in [5.41, 5.74) is 0. The van der Waals surface area contributed by atoms with Gasteiger partial charge in [0.15, 0.2) is 0 Å². The molecule has 0 aromatic carbocycles. The van der Waals surface area contributed by atoms with Gasteiger partial charge in [-0.25, -0.2) is 0 Å². The number of carbonyl (C=O) groups is 1. The van der Waals surface area contributed by atoms with Crippen LogP contribution in [0.25, 0.3) is 0 Å². The summed E-state index contributed by atoms with van der Waals surface area (Å²) < 4.78 is 0. The van der Waals surface area contributed by atoms with Gasteiger partial charge in [0.05, 0.1) is 0 Å². The Morgan fingerprint density at radius 2 is 2.36 bits per heavy atom. The van der Waals surface area contributed by atoms with E-state index < -0.39 is 0 Å². The number of halogens is 1. The Morgan fingerprint density at radius 1 is 1.50 bits per heavy atom. The van der Waals surface area contributed by atoms with Crippen LogP contribution in [0, 0.1) is 5.92 Å². The van der Waals surface area contributed by atoms with Gasteiger partial charge >= 0.3 is 0 Å². The van der Waals surface area contributed by atoms with Crippen molar-refractivity contribution in [3.05, 3.63) is 0 Å². The van der Waals surface area contributed by atoms with Gasteiger partial charge in [-0.1, -0.05) is 0 Å². The molecule has 0 N–H and O–H groups in total. The average Bonchev–Trinajstić information content (AvgIpc) is 2.87. The maximum atomic E-state index is 12.1. The minimum absolute atomic E-state index is 0.281. The van der Waals surface area contributed by atoms with E-state index in [1.165, 1.54) is 0 Å². The molecule has 2 atom stereocenters. The zero-order valence-corrected chi connectivity index (χ0v) is 9.82. The lowest BCUT2D eigenvalue weighted by atomic mass is 10.1. The Morgan fingerprint density at radius 3 is 3.00 bits per heavy atom. The third kappa shape index (κ3) is 2.03. The summed E-state index contributed by atoms with van der Waals surface area (Å²) in [6.45, 7) is 0.928. The van der Waals surface area contributed by atoms with Crippen molar-refractivity contribution in [3.63, 3.8) is 0 Å². The molecule has 2 unspecified atom stereocenters. The molecule has 80 valence electrons. The Balaban J connectivity index is 1.95. The molecule has 2 aliphatic heterocycles. The molecule has 0 aromatic heterocycles. The van der Waals surface area contributed by atoms with E-state index in [-0.39, 0.29) is 5.92 Å². The van der Waals surface area contributed by atoms with Crippen LogP contribution in [0.5, 0.6) is 0 Å². The van der Waals surface area contributed by atoms with Crippen LogP contribution in [-0.4, -0.2) is 40.8 Å². The number of alkyl halides is 1. The lowest BCUT2D eigenvalue weighted by Gasteiger charge is -2.25. The van der Waals surface area contributed by atoms with Crippen molar-refractivity contribution in [2.75, 3.05) is 23.9 Å². The van der Waals surface area contributed by atoms with Gasteiger partial charge in [0.1, 0.15) is 0 Å². The Bertz CT molecular complexity index is 218. The zero-order valence-electron chi connectivity index (χ0n) is 8.25. The molecule has 2 aliphatic rings. The van der Waals surface area contributed by atoms with Crippen molar-refractivity contribution >= 4 is 29.3 Å². The predicted molar refractivity (Wildman–Crippen MR) is 60.9 cm³/mol. The van der Waals surface area contributed by atoms with Gasteiger partial charge in [-0.2, -0.15) is 11.8 Å². The fourth-order valence-electron chi connectivity index (χ4n) is 2.25. The number of rotatable bonds is 2. The zero-order chi connectivity index (χ0) is 9.97. The second kappa shape index (κ2) is 4.75. The smallest absolute Gasteiger partial charge is 0.226 e. The van der Waals surface area contributed by atoms with Crippen LogP contribution in [0.15, 0.2) is 0 Å². The standard InChI is InChI=1S/C10H16ClNOS/c11-6-9-2-1-4-12(9)10(13)8-3-5-14-7-8/h8-9H,1-7H2. The van der Waals surface area contributed by atoms with E-state index in [1.807, 2.05) is 16.7 Å². The number of amides is 1. The maximum Gasteiger partial charge on any atom is 0.226 e. The van der Waals surface area contributed by atoms with E-state index >= 15 is 0 Å². The van der Waals surface area contributed by atoms with E-state index in [2.05, 4.69) is 0 Å². The van der Waals surface area contributed by atoms with E-state index in [1.54, 1.807) is 0 Å². The van der Waals surface area contributed by atoms with Crippen LogP contribution in [0.1, 0.15) is 19.3 Å². The molecule has 0 radical (unpaired) electrons. The van der Waals surface area contributed by atoms with Gasteiger partial charge < -0.3 is 4.90 Å². The Kier molecular flexibility index (Phi) is 3.61. The highest BCUT2D eigenvalue weighted by Gasteiger charge is 2.33. The lowest BCUT2D eigenvalue weighted by molar-refractivity contribution is -0.135. The largest absolute Gasteiger partial charge is 0.338 e. The van der Waals surface area contributed by atoms with Crippen molar-refractivity contribution in [2.45, 2.75) is 25.3 Å². The van der Waals surface area contributed by atoms with E-state index in [0.717, 1.165) is 37.3 Å². The minimum Gasteiger partial charge on any atom is -0.338 e. The van der Waals surface area contributed by atoms with Gasteiger partial charge in [-0.05, 0) is 25.0 Å². The Hall–Kier alpha value is 0.110. The van der Waals surface area contributed by atoms with E-state index in [4.69, 9.17) is 11.6 Å². The molecule has 2 nitrogen and oxygen atoms in total. The van der Waals surface area contributed by atoms with Crippen molar-refractivity contribution in [1.82, 2.24) is 4.90 Å². The average molecular weight is 234 g/mol. The molecule has 0 spiro atoms. The number of carbonyl (C=O) groups excluding carboxylic acids is 1. The molecule has 0 saturated carbocycles. The summed E-state index contributed by atoms with van der Waals surface area (Å²) in [5.74, 6) is 3.41. The van der Waals surface area contributed by atoms with Gasteiger partial charge in [0.2, 0.25) is 5.91 Å². The van der Waals surface area contributed by atoms with Crippen LogP contribution >= 0.6 is 23.4 Å². The topological polar surface area (TPSA) is 20.3 Å². The maximum absolute atomic E-state index is 12.1. The highest BCUT2D eigenvalue weighted by molar-refractivity contribution is 7.99. The third-order valence-corrected chi connectivity index (χ3v) is 4.64. The summed E-state index contributed by atoms with van der Waals surface area (Å²) in [6, 6.07) is 0.315. The molecule has 2 rings (SSSR count). The monoisotopic (exact) mass is 233 g/mol. The first-order valence-electron chi connectivity index (χ1n) is 5.27. The number of hydrogen-bond acceptors (Lipinski definition) is 2. The second-order valence-corrected chi connectivity index (χ2v) is 5.50. The molecule has 14 heavy (non-hydrogen) atoms. The molecule has 2 fully saturated rings. The van der Waals surface area contributed by atoms with Gasteiger partial charge in [-0.15, -0.1) is 11.6 Å². The minimum atomic E-state index is 0.281. The number of hydrogen-bond donors (Lipinski definition) is 0. The number of likely N-dealkylation sites (tertiary alicyclic amines) is 1. The first-order chi connectivity index (χ1) is 6.83. The molecule has 1 amide bonds. The van der Waals surface area contributed by atoms with Gasteiger partial charge in [0.25, 0.3) is 0 Å². The normalized spacial score (nSPS) is 32.5. The third-order valence-electron chi connectivity index (χ3n) is 3.12. The van der Waals surface area contributed by atoms with Crippen LogP contribution in [-0.2, 0) is 4.79 Å². The van der Waals surface area contributed by atoms with E-state index in [9.17, 15) is 4.79 Å². The molecule has 4 heteroatoms. The lowest BCUT2D eigenvalue weighted by Crippen LogP contribution is -2.40. The van der Waals surface area contributed by atoms with Crippen LogP contribution in [0.2, 0.25) is 0 Å². The quantitative estimate of drug-likeness (QED) is 0.680. The van der Waals surface area contributed by atoms with Crippen LogP contribution in [0.3, 0.4) is 0 Å². The van der Waals surface area contributed by atoms with Gasteiger partial charge in [0, 0.05) is 30.1 Å². The fourth-order valence-corrected chi connectivity index (χ4v) is 3.78. The van der Waals surface area contributed by atoms with Crippen LogP contribution in [0.4, 0.5) is 0 Å². The molecular formula is C10H16ClNOS. The molecule has 0 bridgehead atoms. The summed E-state index contributed by atoms with van der Waals surface area (Å²) in [6.07, 6.45) is 3.28. The summed E-state index contributed by atoms with van der Waals surface area (Å²) in [5, 5.41) is 0. The van der Waals surface area contributed by atoms with Crippen molar-refractivity contribution < 1.29 is 4.79 Å². The summed E-state index contributed by atoms with van der Waals surface area (Å²) >= 11 is 7.75. The fraction of sp³-hybridized carbons (Fsp3) is 0.900.